The van der Waals surface area contributed by atoms with E-state index >= 15 is 0 Å². The molecule has 1 aromatic rings. The van der Waals surface area contributed by atoms with Crippen molar-refractivity contribution in [2.75, 3.05) is 19.6 Å². The summed E-state index contributed by atoms with van der Waals surface area (Å²) in [7, 11) is 0. The third-order valence-corrected chi connectivity index (χ3v) is 3.19. The molecule has 0 radical (unpaired) electrons. The lowest BCUT2D eigenvalue weighted by atomic mass is 10.1. The van der Waals surface area contributed by atoms with E-state index in [0.717, 1.165) is 25.9 Å². The van der Waals surface area contributed by atoms with Crippen LogP contribution in [0.15, 0.2) is 24.3 Å². The lowest BCUT2D eigenvalue weighted by Gasteiger charge is -2.25. The first-order valence-corrected chi connectivity index (χ1v) is 6.17. The normalized spacial score (nSPS) is 16.4. The highest BCUT2D eigenvalue weighted by Crippen LogP contribution is 2.15. The minimum absolute atomic E-state index is 0.0282. The summed E-state index contributed by atoms with van der Waals surface area (Å²) in [6.07, 6.45) is 3.48. The molecule has 1 aliphatic heterocycles. The Morgan fingerprint density at radius 3 is 2.67 bits per heavy atom. The zero-order chi connectivity index (χ0) is 13.0. The van der Waals surface area contributed by atoms with Crippen molar-refractivity contribution in [3.05, 3.63) is 39.9 Å². The van der Waals surface area contributed by atoms with Gasteiger partial charge in [0.25, 0.3) is 5.69 Å². The summed E-state index contributed by atoms with van der Waals surface area (Å²) < 4.78 is 0. The second kappa shape index (κ2) is 5.73. The van der Waals surface area contributed by atoms with E-state index in [-0.39, 0.29) is 11.5 Å². The molecule has 1 aliphatic rings. The van der Waals surface area contributed by atoms with Crippen LogP contribution in [0.5, 0.6) is 0 Å². The van der Waals surface area contributed by atoms with Crippen LogP contribution >= 0.6 is 0 Å². The van der Waals surface area contributed by atoms with E-state index in [9.17, 15) is 14.9 Å². The van der Waals surface area contributed by atoms with Crippen molar-refractivity contribution in [3.8, 4) is 0 Å². The topological polar surface area (TPSA) is 63.5 Å². The minimum Gasteiger partial charge on any atom is -0.296 e. The molecule has 0 aromatic heterocycles. The molecule has 0 amide bonds. The fourth-order valence-corrected chi connectivity index (χ4v) is 2.20. The molecular weight excluding hydrogens is 232 g/mol. The molecule has 96 valence electrons. The van der Waals surface area contributed by atoms with Gasteiger partial charge in [-0.25, -0.2) is 0 Å². The van der Waals surface area contributed by atoms with Crippen molar-refractivity contribution in [1.82, 2.24) is 4.90 Å². The average molecular weight is 248 g/mol. The molecule has 1 aromatic carbocycles. The van der Waals surface area contributed by atoms with Gasteiger partial charge in [-0.2, -0.15) is 0 Å². The van der Waals surface area contributed by atoms with Gasteiger partial charge in [-0.15, -0.1) is 0 Å². The van der Waals surface area contributed by atoms with Gasteiger partial charge < -0.3 is 0 Å². The summed E-state index contributed by atoms with van der Waals surface area (Å²) in [5.41, 5.74) is 0.397. The summed E-state index contributed by atoms with van der Waals surface area (Å²) in [5.74, 6) is -0.0411. The number of rotatable bonds is 4. The summed E-state index contributed by atoms with van der Waals surface area (Å²) in [6, 6.07) is 5.95. The van der Waals surface area contributed by atoms with Crippen LogP contribution in [0.2, 0.25) is 0 Å². The van der Waals surface area contributed by atoms with Gasteiger partial charge in [-0.05, 0) is 25.9 Å². The van der Waals surface area contributed by atoms with Crippen molar-refractivity contribution < 1.29 is 9.72 Å². The number of non-ortho nitro benzene ring substituents is 1. The fourth-order valence-electron chi connectivity index (χ4n) is 2.20. The van der Waals surface area contributed by atoms with Crippen molar-refractivity contribution in [3.63, 3.8) is 0 Å². The Hall–Kier alpha value is -1.75. The molecule has 5 heteroatoms. The Labute approximate surface area is 106 Å². The van der Waals surface area contributed by atoms with E-state index in [1.54, 1.807) is 12.1 Å². The Morgan fingerprint density at radius 2 is 2.00 bits per heavy atom. The molecule has 2 rings (SSSR count). The quantitative estimate of drug-likeness (QED) is 0.466. The zero-order valence-electron chi connectivity index (χ0n) is 10.2. The number of hydrogen-bond acceptors (Lipinski definition) is 4. The smallest absolute Gasteiger partial charge is 0.270 e. The zero-order valence-corrected chi connectivity index (χ0v) is 10.2. The third kappa shape index (κ3) is 3.13. The van der Waals surface area contributed by atoms with Crippen LogP contribution in [-0.2, 0) is 0 Å². The van der Waals surface area contributed by atoms with Crippen LogP contribution in [0, 0.1) is 10.1 Å². The van der Waals surface area contributed by atoms with Crippen LogP contribution in [0.1, 0.15) is 29.6 Å². The summed E-state index contributed by atoms with van der Waals surface area (Å²) in [5, 5.41) is 10.6. The highest BCUT2D eigenvalue weighted by atomic mass is 16.6. The standard InChI is InChI=1S/C13H16N2O3/c16-13(10-14-7-2-1-3-8-14)11-5-4-6-12(9-11)15(17)18/h4-6,9H,1-3,7-8,10H2. The van der Waals surface area contributed by atoms with Gasteiger partial charge in [0, 0.05) is 17.7 Å². The SMILES string of the molecule is O=C(CN1CCCCC1)c1cccc([N+](=O)[O-])c1. The van der Waals surface area contributed by atoms with Crippen molar-refractivity contribution in [2.45, 2.75) is 19.3 Å². The van der Waals surface area contributed by atoms with Crippen LogP contribution < -0.4 is 0 Å². The van der Waals surface area contributed by atoms with E-state index in [4.69, 9.17) is 0 Å². The van der Waals surface area contributed by atoms with E-state index in [0.29, 0.717) is 12.1 Å². The highest BCUT2D eigenvalue weighted by molar-refractivity contribution is 5.98. The van der Waals surface area contributed by atoms with Crippen molar-refractivity contribution >= 4 is 11.5 Å². The largest absolute Gasteiger partial charge is 0.296 e. The number of likely N-dealkylation sites (tertiary alicyclic amines) is 1. The molecule has 0 spiro atoms. The number of piperidine rings is 1. The van der Waals surface area contributed by atoms with Crippen LogP contribution in [0.3, 0.4) is 0 Å². The maximum absolute atomic E-state index is 12.0. The van der Waals surface area contributed by atoms with E-state index in [1.807, 2.05) is 0 Å². The molecular formula is C13H16N2O3. The van der Waals surface area contributed by atoms with Gasteiger partial charge in [-0.3, -0.25) is 19.8 Å². The number of nitrogens with zero attached hydrogens (tertiary/aromatic N) is 2. The summed E-state index contributed by atoms with van der Waals surface area (Å²) in [4.78, 5) is 24.3. The molecule has 1 saturated heterocycles. The Morgan fingerprint density at radius 1 is 1.28 bits per heavy atom. The number of Topliss-reactive ketones (excluding diaryl/α,β-unsaturated/α-hetero) is 1. The van der Waals surface area contributed by atoms with Crippen LogP contribution in [0.4, 0.5) is 5.69 Å². The van der Waals surface area contributed by atoms with Gasteiger partial charge in [0.15, 0.2) is 5.78 Å². The molecule has 0 unspecified atom stereocenters. The lowest BCUT2D eigenvalue weighted by molar-refractivity contribution is -0.384. The second-order valence-corrected chi connectivity index (χ2v) is 4.57. The number of ketones is 1. The summed E-state index contributed by atoms with van der Waals surface area (Å²) >= 11 is 0. The molecule has 1 heterocycles. The maximum Gasteiger partial charge on any atom is 0.270 e. The van der Waals surface area contributed by atoms with E-state index < -0.39 is 4.92 Å². The Bertz CT molecular complexity index is 453. The molecule has 18 heavy (non-hydrogen) atoms. The molecule has 0 bridgehead atoms. The third-order valence-electron chi connectivity index (χ3n) is 3.19. The number of carbonyl (C=O) groups excluding carboxylic acids is 1. The first kappa shape index (κ1) is 12.7. The molecule has 0 aliphatic carbocycles. The Kier molecular flexibility index (Phi) is 4.04. The van der Waals surface area contributed by atoms with E-state index in [2.05, 4.69) is 4.90 Å². The number of benzene rings is 1. The van der Waals surface area contributed by atoms with Crippen LogP contribution in [-0.4, -0.2) is 35.2 Å². The van der Waals surface area contributed by atoms with Gasteiger partial charge in [-0.1, -0.05) is 18.6 Å². The molecule has 0 saturated carbocycles. The number of carbonyl (C=O) groups is 1. The predicted octanol–water partition coefficient (Wildman–Crippen LogP) is 2.26. The van der Waals surface area contributed by atoms with Crippen molar-refractivity contribution in [2.24, 2.45) is 0 Å². The van der Waals surface area contributed by atoms with Gasteiger partial charge in [0.1, 0.15) is 0 Å². The lowest BCUT2D eigenvalue weighted by Crippen LogP contribution is -2.34. The second-order valence-electron chi connectivity index (χ2n) is 4.57. The highest BCUT2D eigenvalue weighted by Gasteiger charge is 2.16. The molecule has 1 fully saturated rings. The predicted molar refractivity (Wildman–Crippen MR) is 67.7 cm³/mol. The first-order valence-electron chi connectivity index (χ1n) is 6.17. The van der Waals surface area contributed by atoms with Gasteiger partial charge in [0.2, 0.25) is 0 Å². The monoisotopic (exact) mass is 248 g/mol. The number of nitro benzene ring substituents is 1. The minimum atomic E-state index is -0.475. The summed E-state index contributed by atoms with van der Waals surface area (Å²) in [6.45, 7) is 2.25. The van der Waals surface area contributed by atoms with Gasteiger partial charge in [0.05, 0.1) is 11.5 Å². The van der Waals surface area contributed by atoms with Crippen LogP contribution in [0.25, 0.3) is 0 Å². The number of nitro groups is 1. The average Bonchev–Trinajstić information content (AvgIpc) is 2.40. The fraction of sp³-hybridized carbons (Fsp3) is 0.462. The molecule has 0 N–H and O–H groups in total. The molecule has 0 atom stereocenters. The first-order chi connectivity index (χ1) is 8.66. The molecule has 5 nitrogen and oxygen atoms in total. The van der Waals surface area contributed by atoms with E-state index in [1.165, 1.54) is 18.6 Å². The maximum atomic E-state index is 12.0. The van der Waals surface area contributed by atoms with Crippen molar-refractivity contribution in [1.29, 1.82) is 0 Å². The number of hydrogen-bond donors (Lipinski definition) is 0. The van der Waals surface area contributed by atoms with Gasteiger partial charge >= 0.3 is 0 Å². The Balaban J connectivity index is 2.03.